The summed E-state index contributed by atoms with van der Waals surface area (Å²) in [6, 6.07) is 25.3. The van der Waals surface area contributed by atoms with Crippen LogP contribution in [0.25, 0.3) is 11.1 Å². The zero-order valence-electron chi connectivity index (χ0n) is 14.0. The molecule has 4 rings (SSSR count). The van der Waals surface area contributed by atoms with E-state index in [2.05, 4.69) is 12.1 Å². The summed E-state index contributed by atoms with van der Waals surface area (Å²) in [5, 5.41) is 0. The summed E-state index contributed by atoms with van der Waals surface area (Å²) in [6.07, 6.45) is 0. The molecular formula is C23H18O2. The molecule has 122 valence electrons. The van der Waals surface area contributed by atoms with Gasteiger partial charge in [-0.1, -0.05) is 78.9 Å². The van der Waals surface area contributed by atoms with Crippen LogP contribution in [0.4, 0.5) is 0 Å². The smallest absolute Gasteiger partial charge is 0.174 e. The molecule has 3 aromatic rings. The highest BCUT2D eigenvalue weighted by Gasteiger charge is 2.40. The standard InChI is InChI=1S/C23H18O2/c1-15(24)21(23(25)16-9-3-2-4-10-16)22-19-13-7-5-11-17(19)18-12-6-8-14-20(18)22/h2-14,21-22H,1H3. The van der Waals surface area contributed by atoms with Crippen LogP contribution in [0.15, 0.2) is 78.9 Å². The van der Waals surface area contributed by atoms with E-state index in [0.29, 0.717) is 5.56 Å². The third-order valence-electron chi connectivity index (χ3n) is 4.99. The molecule has 0 saturated carbocycles. The van der Waals surface area contributed by atoms with Crippen LogP contribution in [0.3, 0.4) is 0 Å². The van der Waals surface area contributed by atoms with E-state index < -0.39 is 5.92 Å². The van der Waals surface area contributed by atoms with Crippen molar-refractivity contribution in [3.63, 3.8) is 0 Å². The Morgan fingerprint density at radius 2 is 1.20 bits per heavy atom. The highest BCUT2D eigenvalue weighted by Crippen LogP contribution is 2.48. The van der Waals surface area contributed by atoms with Crippen LogP contribution < -0.4 is 0 Å². The average Bonchev–Trinajstić information content (AvgIpc) is 2.97. The quantitative estimate of drug-likeness (QED) is 0.505. The third-order valence-corrected chi connectivity index (χ3v) is 4.99. The molecular weight excluding hydrogens is 308 g/mol. The van der Waals surface area contributed by atoms with Gasteiger partial charge in [-0.15, -0.1) is 0 Å². The van der Waals surface area contributed by atoms with Gasteiger partial charge in [0.05, 0.1) is 5.92 Å². The molecule has 25 heavy (non-hydrogen) atoms. The first-order chi connectivity index (χ1) is 12.2. The fourth-order valence-corrected chi connectivity index (χ4v) is 3.91. The zero-order valence-corrected chi connectivity index (χ0v) is 14.0. The maximum absolute atomic E-state index is 13.2. The summed E-state index contributed by atoms with van der Waals surface area (Å²) in [6.45, 7) is 1.52. The van der Waals surface area contributed by atoms with Gasteiger partial charge in [0.1, 0.15) is 5.78 Å². The van der Waals surface area contributed by atoms with Crippen molar-refractivity contribution in [3.8, 4) is 11.1 Å². The lowest BCUT2D eigenvalue weighted by Gasteiger charge is -2.22. The van der Waals surface area contributed by atoms with Crippen molar-refractivity contribution in [1.29, 1.82) is 0 Å². The Balaban J connectivity index is 1.89. The van der Waals surface area contributed by atoms with Gasteiger partial charge in [-0.2, -0.15) is 0 Å². The first kappa shape index (κ1) is 15.5. The molecule has 0 radical (unpaired) electrons. The molecule has 0 N–H and O–H groups in total. The van der Waals surface area contributed by atoms with Gasteiger partial charge in [0, 0.05) is 11.5 Å². The normalized spacial score (nSPS) is 13.8. The van der Waals surface area contributed by atoms with Crippen molar-refractivity contribution in [3.05, 3.63) is 95.6 Å². The molecule has 0 bridgehead atoms. The van der Waals surface area contributed by atoms with Crippen molar-refractivity contribution in [2.24, 2.45) is 5.92 Å². The van der Waals surface area contributed by atoms with Gasteiger partial charge in [0.15, 0.2) is 5.78 Å². The second kappa shape index (κ2) is 6.14. The number of rotatable bonds is 4. The zero-order chi connectivity index (χ0) is 17.4. The minimum Gasteiger partial charge on any atom is -0.299 e. The Kier molecular flexibility index (Phi) is 3.81. The number of carbonyl (C=O) groups excluding carboxylic acids is 2. The van der Waals surface area contributed by atoms with Gasteiger partial charge in [-0.05, 0) is 29.2 Å². The maximum Gasteiger partial charge on any atom is 0.174 e. The van der Waals surface area contributed by atoms with Crippen LogP contribution in [0.2, 0.25) is 0 Å². The van der Waals surface area contributed by atoms with Crippen LogP contribution in [-0.2, 0) is 4.79 Å². The summed E-state index contributed by atoms with van der Waals surface area (Å²) in [5.74, 6) is -1.13. The number of hydrogen-bond acceptors (Lipinski definition) is 2. The van der Waals surface area contributed by atoms with E-state index >= 15 is 0 Å². The summed E-state index contributed by atoms with van der Waals surface area (Å²) in [7, 11) is 0. The topological polar surface area (TPSA) is 34.1 Å². The Labute approximate surface area is 147 Å². The number of fused-ring (bicyclic) bond motifs is 3. The fourth-order valence-electron chi connectivity index (χ4n) is 3.91. The lowest BCUT2D eigenvalue weighted by Crippen LogP contribution is -2.28. The van der Waals surface area contributed by atoms with Crippen molar-refractivity contribution >= 4 is 11.6 Å². The Bertz CT molecular complexity index is 911. The molecule has 0 aromatic heterocycles. The molecule has 0 fully saturated rings. The van der Waals surface area contributed by atoms with Crippen LogP contribution in [-0.4, -0.2) is 11.6 Å². The monoisotopic (exact) mass is 326 g/mol. The van der Waals surface area contributed by atoms with Crippen molar-refractivity contribution < 1.29 is 9.59 Å². The summed E-state index contributed by atoms with van der Waals surface area (Å²) in [4.78, 5) is 25.7. The molecule has 0 heterocycles. The van der Waals surface area contributed by atoms with Gasteiger partial charge < -0.3 is 0 Å². The Morgan fingerprint density at radius 3 is 1.72 bits per heavy atom. The molecule has 0 saturated heterocycles. The van der Waals surface area contributed by atoms with E-state index in [1.54, 1.807) is 12.1 Å². The SMILES string of the molecule is CC(=O)C(C(=O)c1ccccc1)C1c2ccccc2-c2ccccc21. The van der Waals surface area contributed by atoms with Crippen LogP contribution in [0.5, 0.6) is 0 Å². The number of carbonyl (C=O) groups is 2. The fraction of sp³-hybridized carbons (Fsp3) is 0.130. The van der Waals surface area contributed by atoms with E-state index in [-0.39, 0.29) is 17.5 Å². The number of hydrogen-bond donors (Lipinski definition) is 0. The number of ketones is 2. The van der Waals surface area contributed by atoms with Crippen LogP contribution >= 0.6 is 0 Å². The van der Waals surface area contributed by atoms with E-state index in [1.807, 2.05) is 54.6 Å². The van der Waals surface area contributed by atoms with Gasteiger partial charge >= 0.3 is 0 Å². The maximum atomic E-state index is 13.2. The molecule has 0 spiro atoms. The predicted molar refractivity (Wildman–Crippen MR) is 98.7 cm³/mol. The Hall–Kier alpha value is -3.00. The number of benzene rings is 3. The van der Waals surface area contributed by atoms with Gasteiger partial charge in [-0.3, -0.25) is 9.59 Å². The molecule has 1 atom stereocenters. The molecule has 2 heteroatoms. The summed E-state index contributed by atoms with van der Waals surface area (Å²) in [5.41, 5.74) is 4.95. The average molecular weight is 326 g/mol. The largest absolute Gasteiger partial charge is 0.299 e. The first-order valence-electron chi connectivity index (χ1n) is 8.46. The van der Waals surface area contributed by atoms with Crippen molar-refractivity contribution in [2.75, 3.05) is 0 Å². The first-order valence-corrected chi connectivity index (χ1v) is 8.46. The highest BCUT2D eigenvalue weighted by molar-refractivity contribution is 6.11. The van der Waals surface area contributed by atoms with E-state index in [9.17, 15) is 9.59 Å². The van der Waals surface area contributed by atoms with Crippen molar-refractivity contribution in [1.82, 2.24) is 0 Å². The van der Waals surface area contributed by atoms with Gasteiger partial charge in [-0.25, -0.2) is 0 Å². The molecule has 1 aliphatic carbocycles. The third kappa shape index (κ3) is 2.51. The Morgan fingerprint density at radius 1 is 0.720 bits per heavy atom. The molecule has 0 aliphatic heterocycles. The molecule has 3 aromatic carbocycles. The molecule has 1 aliphatic rings. The van der Waals surface area contributed by atoms with E-state index in [0.717, 1.165) is 22.3 Å². The predicted octanol–water partition coefficient (Wildman–Crippen LogP) is 4.89. The van der Waals surface area contributed by atoms with Gasteiger partial charge in [0.2, 0.25) is 0 Å². The van der Waals surface area contributed by atoms with Crippen LogP contribution in [0, 0.1) is 5.92 Å². The van der Waals surface area contributed by atoms with Crippen molar-refractivity contribution in [2.45, 2.75) is 12.8 Å². The second-order valence-corrected chi connectivity index (χ2v) is 6.47. The van der Waals surface area contributed by atoms with Crippen LogP contribution in [0.1, 0.15) is 34.3 Å². The van der Waals surface area contributed by atoms with E-state index in [4.69, 9.17) is 0 Å². The lowest BCUT2D eigenvalue weighted by atomic mass is 9.78. The second-order valence-electron chi connectivity index (χ2n) is 6.47. The number of Topliss-reactive ketones (excluding diaryl/α,β-unsaturated/α-hetero) is 2. The minimum atomic E-state index is -0.702. The summed E-state index contributed by atoms with van der Waals surface area (Å²) >= 11 is 0. The molecule has 1 unspecified atom stereocenters. The highest BCUT2D eigenvalue weighted by atomic mass is 16.1. The van der Waals surface area contributed by atoms with E-state index in [1.165, 1.54) is 6.92 Å². The summed E-state index contributed by atoms with van der Waals surface area (Å²) < 4.78 is 0. The minimum absolute atomic E-state index is 0.0923. The van der Waals surface area contributed by atoms with Gasteiger partial charge in [0.25, 0.3) is 0 Å². The lowest BCUT2D eigenvalue weighted by molar-refractivity contribution is -0.119. The molecule has 2 nitrogen and oxygen atoms in total. The molecule has 0 amide bonds.